The van der Waals surface area contributed by atoms with Crippen molar-refractivity contribution >= 4 is 34.3 Å². The van der Waals surface area contributed by atoms with Gasteiger partial charge in [-0.15, -0.1) is 0 Å². The number of aromatic hydroxyl groups is 1. The Labute approximate surface area is 191 Å². The van der Waals surface area contributed by atoms with E-state index < -0.39 is 27.1 Å². The standard InChI is InChI=1S/C21H28NO3S.2ClH.Ti/c1-14-8-10-16(11-9-14)26(24,25)22-18-13-15(20(2,3)4)12-17(19(18)23)21(5,6)7;;;/h8-13,23H,1-7H3;2*1H;/q-1;;;+2/p-2. The molecule has 0 atom stereocenters. The number of rotatable bonds is 3. The topological polar surface area (TPSA) is 68.5 Å². The fourth-order valence-corrected chi connectivity index (χ4v) is 3.57. The maximum absolute atomic E-state index is 12.7. The van der Waals surface area contributed by atoms with Gasteiger partial charge in [0.05, 0.1) is 4.90 Å². The second-order valence-corrected chi connectivity index (χ2v) is 13.0. The molecule has 1 N–H and O–H groups in total. The van der Waals surface area contributed by atoms with Crippen molar-refractivity contribution in [2.45, 2.75) is 64.2 Å². The van der Waals surface area contributed by atoms with Crippen LogP contribution in [-0.2, 0) is 37.9 Å². The molecule has 0 aliphatic heterocycles. The van der Waals surface area contributed by atoms with Gasteiger partial charge < -0.3 is 9.83 Å². The van der Waals surface area contributed by atoms with Crippen molar-refractivity contribution < 1.29 is 30.6 Å². The zero-order chi connectivity index (χ0) is 22.6. The Bertz CT molecular complexity index is 932. The van der Waals surface area contributed by atoms with Gasteiger partial charge in [-0.05, 0) is 41.0 Å². The molecule has 29 heavy (non-hydrogen) atoms. The van der Waals surface area contributed by atoms with Crippen LogP contribution in [0.4, 0.5) is 5.69 Å². The van der Waals surface area contributed by atoms with Crippen LogP contribution in [0.5, 0.6) is 5.75 Å². The second kappa shape index (κ2) is 10.1. The van der Waals surface area contributed by atoms with Crippen molar-refractivity contribution in [1.29, 1.82) is 0 Å². The number of phenols is 1. The number of halogens is 2. The quantitative estimate of drug-likeness (QED) is 0.466. The molecular weight excluding hydrogens is 465 g/mol. The average molecular weight is 493 g/mol. The Morgan fingerprint density at radius 3 is 1.83 bits per heavy atom. The number of hydrogen-bond donors (Lipinski definition) is 1. The Balaban J connectivity index is 0.00000132. The van der Waals surface area contributed by atoms with Crippen molar-refractivity contribution in [2.24, 2.45) is 0 Å². The van der Waals surface area contributed by atoms with Gasteiger partial charge in [0.1, 0.15) is 15.8 Å². The van der Waals surface area contributed by atoms with Gasteiger partial charge >= 0.3 is 35.6 Å². The summed E-state index contributed by atoms with van der Waals surface area (Å²) < 4.78 is 29.4. The van der Waals surface area contributed by atoms with Gasteiger partial charge in [-0.25, -0.2) is 8.42 Å². The van der Waals surface area contributed by atoms with E-state index in [-0.39, 0.29) is 27.2 Å². The molecule has 0 saturated carbocycles. The van der Waals surface area contributed by atoms with E-state index >= 15 is 0 Å². The fraction of sp³-hybridized carbons (Fsp3) is 0.429. The third-order valence-electron chi connectivity index (χ3n) is 4.30. The SMILES string of the molecule is Cc1ccc(S(=O)(=O)[N-]c2cc(C(C)(C)C)cc(C(C)(C)C)c2O)cc1.[Cl][Ti][Cl]. The molecule has 0 fully saturated rings. The molecule has 8 heteroatoms. The van der Waals surface area contributed by atoms with Gasteiger partial charge in [-0.3, -0.25) is 0 Å². The summed E-state index contributed by atoms with van der Waals surface area (Å²) in [6, 6.07) is 10.1. The zero-order valence-corrected chi connectivity index (χ0v) is 21.7. The Kier molecular flexibility index (Phi) is 9.13. The summed E-state index contributed by atoms with van der Waals surface area (Å²) in [6.45, 7) is 14.0. The molecule has 0 bridgehead atoms. The van der Waals surface area contributed by atoms with Crippen LogP contribution < -0.4 is 0 Å². The molecule has 0 aromatic heterocycles. The van der Waals surface area contributed by atoms with Crippen LogP contribution in [0.2, 0.25) is 0 Å². The summed E-state index contributed by atoms with van der Waals surface area (Å²) in [7, 11) is 5.87. The predicted octanol–water partition coefficient (Wildman–Crippen LogP) is 7.07. The molecule has 0 aliphatic carbocycles. The minimum atomic E-state index is -3.91. The third kappa shape index (κ3) is 7.48. The molecule has 2 rings (SSSR count). The first kappa shape index (κ1) is 26.3. The molecule has 2 aromatic rings. The molecule has 0 radical (unpaired) electrons. The van der Waals surface area contributed by atoms with Crippen LogP contribution in [0.15, 0.2) is 41.3 Å². The van der Waals surface area contributed by atoms with E-state index in [1.165, 1.54) is 12.1 Å². The van der Waals surface area contributed by atoms with E-state index in [4.69, 9.17) is 18.6 Å². The summed E-state index contributed by atoms with van der Waals surface area (Å²) >= 11 is -0.556. The number of benzene rings is 2. The summed E-state index contributed by atoms with van der Waals surface area (Å²) in [4.78, 5) is 0.112. The fourth-order valence-electron chi connectivity index (χ4n) is 2.59. The van der Waals surface area contributed by atoms with Crippen LogP contribution in [0.1, 0.15) is 58.2 Å². The summed E-state index contributed by atoms with van der Waals surface area (Å²) in [5.74, 6) is -0.0822. The van der Waals surface area contributed by atoms with Gasteiger partial charge in [-0.1, -0.05) is 77.1 Å². The normalized spacial score (nSPS) is 12.0. The second-order valence-electron chi connectivity index (χ2n) is 8.84. The molecule has 0 heterocycles. The monoisotopic (exact) mass is 492 g/mol. The molecule has 0 amide bonds. The first-order valence-corrected chi connectivity index (χ1v) is 14.8. The van der Waals surface area contributed by atoms with Gasteiger partial charge in [0.2, 0.25) is 0 Å². The maximum atomic E-state index is 12.7. The molecule has 0 unspecified atom stereocenters. The van der Waals surface area contributed by atoms with Gasteiger partial charge in [0, 0.05) is 0 Å². The Hall–Kier alpha value is -0.716. The zero-order valence-electron chi connectivity index (χ0n) is 17.8. The van der Waals surface area contributed by atoms with Crippen LogP contribution in [0, 0.1) is 6.92 Å². The predicted molar refractivity (Wildman–Crippen MR) is 119 cm³/mol. The summed E-state index contributed by atoms with van der Waals surface area (Å²) in [5, 5.41) is 10.7. The van der Waals surface area contributed by atoms with Crippen molar-refractivity contribution in [3.8, 4) is 5.75 Å². The number of sulfonamides is 1. The van der Waals surface area contributed by atoms with E-state index in [9.17, 15) is 13.5 Å². The molecule has 4 nitrogen and oxygen atoms in total. The number of nitrogens with zero attached hydrogens (tertiary/aromatic N) is 1. The first-order chi connectivity index (χ1) is 13.1. The Morgan fingerprint density at radius 2 is 1.41 bits per heavy atom. The van der Waals surface area contributed by atoms with E-state index in [0.29, 0.717) is 5.56 Å². The van der Waals surface area contributed by atoms with Crippen molar-refractivity contribution in [1.82, 2.24) is 0 Å². The number of aryl methyl sites for hydroxylation is 1. The van der Waals surface area contributed by atoms with E-state index in [1.807, 2.05) is 54.5 Å². The number of phenolic OH excluding ortho intramolecular Hbond substituents is 1. The van der Waals surface area contributed by atoms with Gasteiger partial charge in [-0.2, -0.15) is 0 Å². The van der Waals surface area contributed by atoms with E-state index in [0.717, 1.165) is 11.1 Å². The van der Waals surface area contributed by atoms with Gasteiger partial charge in [0.15, 0.2) is 0 Å². The Morgan fingerprint density at radius 1 is 0.931 bits per heavy atom. The molecule has 2 aromatic carbocycles. The molecule has 0 aliphatic rings. The van der Waals surface area contributed by atoms with E-state index in [2.05, 4.69) is 4.72 Å². The molecule has 0 saturated heterocycles. The molecule has 160 valence electrons. The first-order valence-electron chi connectivity index (χ1n) is 9.02. The summed E-state index contributed by atoms with van der Waals surface area (Å²) in [6.07, 6.45) is 0. The van der Waals surface area contributed by atoms with Crippen LogP contribution in [0.3, 0.4) is 0 Å². The molecular formula is C21H28Cl2NO3STi-. The average Bonchev–Trinajstić information content (AvgIpc) is 2.55. The summed E-state index contributed by atoms with van der Waals surface area (Å²) in [5.41, 5.74) is 2.12. The van der Waals surface area contributed by atoms with Crippen LogP contribution >= 0.6 is 18.6 Å². The van der Waals surface area contributed by atoms with Crippen molar-refractivity contribution in [3.05, 3.63) is 57.8 Å². The van der Waals surface area contributed by atoms with Gasteiger partial charge in [0.25, 0.3) is 0 Å². The third-order valence-corrected chi connectivity index (χ3v) is 5.61. The number of hydrogen-bond acceptors (Lipinski definition) is 3. The molecule has 0 spiro atoms. The minimum absolute atomic E-state index is 0.0822. The van der Waals surface area contributed by atoms with Crippen LogP contribution in [0.25, 0.3) is 4.72 Å². The van der Waals surface area contributed by atoms with Crippen LogP contribution in [-0.4, -0.2) is 13.5 Å². The van der Waals surface area contributed by atoms with Crippen molar-refractivity contribution in [2.75, 3.05) is 0 Å². The van der Waals surface area contributed by atoms with Crippen molar-refractivity contribution in [3.63, 3.8) is 0 Å². The van der Waals surface area contributed by atoms with E-state index in [1.54, 1.807) is 18.2 Å².